The highest BCUT2D eigenvalue weighted by molar-refractivity contribution is 5.85. The number of methoxy groups -OCH3 is 1. The van der Waals surface area contributed by atoms with Crippen molar-refractivity contribution in [2.75, 3.05) is 33.4 Å². The van der Waals surface area contributed by atoms with E-state index in [1.807, 2.05) is 13.8 Å². The fourth-order valence-electron chi connectivity index (χ4n) is 2.83. The molecule has 0 aromatic carbocycles. The second kappa shape index (κ2) is 9.96. The molecule has 1 amide bonds. The summed E-state index contributed by atoms with van der Waals surface area (Å²) in [5.41, 5.74) is 0.0466. The average molecular weight is 361 g/mol. The molecule has 0 atom stereocenters. The van der Waals surface area contributed by atoms with Crippen molar-refractivity contribution in [2.24, 2.45) is 5.41 Å². The van der Waals surface area contributed by atoms with Gasteiger partial charge in [-0.1, -0.05) is 19.0 Å². The molecule has 1 aliphatic heterocycles. The van der Waals surface area contributed by atoms with Crippen molar-refractivity contribution in [3.05, 3.63) is 11.7 Å². The number of amides is 1. The fraction of sp³-hybridized carbons (Fsp3) is 0.812. The topological polar surface area (TPSA) is 89.3 Å². The summed E-state index contributed by atoms with van der Waals surface area (Å²) in [6, 6.07) is 0. The Kier molecular flexibility index (Phi) is 8.66. The molecule has 24 heavy (non-hydrogen) atoms. The molecule has 1 fully saturated rings. The summed E-state index contributed by atoms with van der Waals surface area (Å²) >= 11 is 0. The predicted molar refractivity (Wildman–Crippen MR) is 93.4 cm³/mol. The Morgan fingerprint density at radius 2 is 2.12 bits per heavy atom. The van der Waals surface area contributed by atoms with E-state index in [4.69, 9.17) is 9.26 Å². The number of piperidine rings is 1. The van der Waals surface area contributed by atoms with Crippen molar-refractivity contribution in [1.82, 2.24) is 20.8 Å². The second-order valence-corrected chi connectivity index (χ2v) is 6.66. The lowest BCUT2D eigenvalue weighted by Gasteiger charge is -2.37. The van der Waals surface area contributed by atoms with E-state index in [2.05, 4.69) is 20.8 Å². The van der Waals surface area contributed by atoms with E-state index >= 15 is 0 Å². The number of hydrogen-bond donors (Lipinski definition) is 2. The molecule has 0 bridgehead atoms. The number of nitrogens with one attached hydrogen (secondary N) is 2. The summed E-state index contributed by atoms with van der Waals surface area (Å²) in [6.45, 7) is 7.29. The average Bonchev–Trinajstić information content (AvgIpc) is 3.01. The molecule has 138 valence electrons. The molecule has 0 saturated carbocycles. The molecule has 1 aliphatic rings. The number of halogens is 1. The van der Waals surface area contributed by atoms with Gasteiger partial charge in [0.2, 0.25) is 11.8 Å². The number of hydrogen-bond acceptors (Lipinski definition) is 6. The summed E-state index contributed by atoms with van der Waals surface area (Å²) in [4.78, 5) is 16.4. The summed E-state index contributed by atoms with van der Waals surface area (Å²) in [5, 5.41) is 10.3. The number of nitrogens with zero attached hydrogens (tertiary/aromatic N) is 2. The van der Waals surface area contributed by atoms with Crippen LogP contribution in [0.4, 0.5) is 0 Å². The van der Waals surface area contributed by atoms with Gasteiger partial charge in [-0.3, -0.25) is 4.79 Å². The van der Waals surface area contributed by atoms with Crippen LogP contribution in [-0.2, 0) is 16.0 Å². The third kappa shape index (κ3) is 6.03. The molecule has 2 N–H and O–H groups in total. The highest BCUT2D eigenvalue weighted by atomic mass is 35.5. The number of ether oxygens (including phenoxy) is 1. The molecule has 0 aliphatic carbocycles. The van der Waals surface area contributed by atoms with Gasteiger partial charge in [-0.25, -0.2) is 0 Å². The zero-order chi connectivity index (χ0) is 16.7. The lowest BCUT2D eigenvalue weighted by atomic mass is 9.79. The molecular formula is C16H29ClN4O3. The summed E-state index contributed by atoms with van der Waals surface area (Å²) in [6.07, 6.45) is 2.87. The Morgan fingerprint density at radius 1 is 1.42 bits per heavy atom. The molecule has 1 aromatic heterocycles. The lowest BCUT2D eigenvalue weighted by Crippen LogP contribution is -2.47. The first kappa shape index (κ1) is 20.9. The summed E-state index contributed by atoms with van der Waals surface area (Å²) in [5.74, 6) is 1.46. The smallest absolute Gasteiger partial charge is 0.227 e. The molecule has 0 radical (unpaired) electrons. The van der Waals surface area contributed by atoms with Crippen LogP contribution in [0.15, 0.2) is 4.52 Å². The monoisotopic (exact) mass is 360 g/mol. The van der Waals surface area contributed by atoms with Crippen molar-refractivity contribution in [3.63, 3.8) is 0 Å². The van der Waals surface area contributed by atoms with Gasteiger partial charge in [-0.05, 0) is 25.9 Å². The Morgan fingerprint density at radius 3 is 2.71 bits per heavy atom. The van der Waals surface area contributed by atoms with E-state index in [0.717, 1.165) is 25.9 Å². The molecule has 8 heteroatoms. The molecule has 0 unspecified atom stereocenters. The fourth-order valence-corrected chi connectivity index (χ4v) is 2.83. The van der Waals surface area contributed by atoms with E-state index in [-0.39, 0.29) is 29.6 Å². The van der Waals surface area contributed by atoms with E-state index in [0.29, 0.717) is 37.7 Å². The Labute approximate surface area is 149 Å². The normalized spacial score (nSPS) is 16.7. The van der Waals surface area contributed by atoms with Crippen LogP contribution in [-0.4, -0.2) is 49.4 Å². The van der Waals surface area contributed by atoms with Crippen molar-refractivity contribution < 1.29 is 14.1 Å². The third-order valence-corrected chi connectivity index (χ3v) is 4.34. The quantitative estimate of drug-likeness (QED) is 0.733. The first-order valence-corrected chi connectivity index (χ1v) is 8.33. The van der Waals surface area contributed by atoms with E-state index in [1.54, 1.807) is 7.11 Å². The maximum absolute atomic E-state index is 12.1. The minimum atomic E-state index is 0. The maximum Gasteiger partial charge on any atom is 0.227 e. The van der Waals surface area contributed by atoms with Crippen LogP contribution in [0, 0.1) is 5.41 Å². The van der Waals surface area contributed by atoms with E-state index in [1.165, 1.54) is 0 Å². The second-order valence-electron chi connectivity index (χ2n) is 6.66. The van der Waals surface area contributed by atoms with Crippen molar-refractivity contribution >= 4 is 18.3 Å². The van der Waals surface area contributed by atoms with Crippen LogP contribution in [0.25, 0.3) is 0 Å². The standard InChI is InChI=1S/C16H28N4O3.ClH/c1-12(2)15-19-14(23-20-15)5-4-13(21)18-10-16(11-22-3)6-8-17-9-7-16;/h12,17H,4-11H2,1-3H3,(H,18,21);1H. The van der Waals surface area contributed by atoms with Crippen LogP contribution in [0.5, 0.6) is 0 Å². The first-order chi connectivity index (χ1) is 11.0. The number of rotatable bonds is 8. The zero-order valence-electron chi connectivity index (χ0n) is 14.8. The van der Waals surface area contributed by atoms with Gasteiger partial charge in [-0.2, -0.15) is 4.98 Å². The third-order valence-electron chi connectivity index (χ3n) is 4.34. The van der Waals surface area contributed by atoms with Gasteiger partial charge >= 0.3 is 0 Å². The number of carbonyl (C=O) groups excluding carboxylic acids is 1. The zero-order valence-corrected chi connectivity index (χ0v) is 15.6. The van der Waals surface area contributed by atoms with Gasteiger partial charge in [0.05, 0.1) is 6.61 Å². The number of aryl methyl sites for hydroxylation is 1. The Balaban J connectivity index is 0.00000288. The van der Waals surface area contributed by atoms with E-state index < -0.39 is 0 Å². The highest BCUT2D eigenvalue weighted by Gasteiger charge is 2.32. The minimum Gasteiger partial charge on any atom is -0.384 e. The number of aromatic nitrogens is 2. The highest BCUT2D eigenvalue weighted by Crippen LogP contribution is 2.28. The number of carbonyl (C=O) groups is 1. The lowest BCUT2D eigenvalue weighted by molar-refractivity contribution is -0.122. The van der Waals surface area contributed by atoms with Gasteiger partial charge in [0.1, 0.15) is 0 Å². The van der Waals surface area contributed by atoms with Gasteiger partial charge < -0.3 is 19.9 Å². The molecular weight excluding hydrogens is 332 g/mol. The van der Waals surface area contributed by atoms with Gasteiger partial charge in [0, 0.05) is 37.8 Å². The first-order valence-electron chi connectivity index (χ1n) is 8.33. The van der Waals surface area contributed by atoms with Crippen LogP contribution < -0.4 is 10.6 Å². The van der Waals surface area contributed by atoms with Crippen LogP contribution >= 0.6 is 12.4 Å². The minimum absolute atomic E-state index is 0. The van der Waals surface area contributed by atoms with Crippen LogP contribution in [0.1, 0.15) is 50.7 Å². The molecule has 2 rings (SSSR count). The SMILES string of the molecule is COCC1(CNC(=O)CCc2nc(C(C)C)no2)CCNCC1.Cl. The largest absolute Gasteiger partial charge is 0.384 e. The maximum atomic E-state index is 12.1. The van der Waals surface area contributed by atoms with Crippen LogP contribution in [0.3, 0.4) is 0 Å². The van der Waals surface area contributed by atoms with Crippen LogP contribution in [0.2, 0.25) is 0 Å². The Hall–Kier alpha value is -1.18. The van der Waals surface area contributed by atoms with Gasteiger partial charge in [-0.15, -0.1) is 12.4 Å². The van der Waals surface area contributed by atoms with Gasteiger partial charge in [0.25, 0.3) is 0 Å². The molecule has 1 saturated heterocycles. The predicted octanol–water partition coefficient (Wildman–Crippen LogP) is 1.68. The summed E-state index contributed by atoms with van der Waals surface area (Å²) in [7, 11) is 1.72. The molecule has 0 spiro atoms. The van der Waals surface area contributed by atoms with E-state index in [9.17, 15) is 4.79 Å². The molecule has 1 aromatic rings. The Bertz CT molecular complexity index is 496. The van der Waals surface area contributed by atoms with Crippen molar-refractivity contribution in [2.45, 2.75) is 45.4 Å². The molecule has 2 heterocycles. The van der Waals surface area contributed by atoms with Crippen molar-refractivity contribution in [3.8, 4) is 0 Å². The molecule has 7 nitrogen and oxygen atoms in total. The van der Waals surface area contributed by atoms with Crippen molar-refractivity contribution in [1.29, 1.82) is 0 Å². The van der Waals surface area contributed by atoms with Gasteiger partial charge in [0.15, 0.2) is 5.82 Å². The summed E-state index contributed by atoms with van der Waals surface area (Å²) < 4.78 is 10.5.